The van der Waals surface area contributed by atoms with Gasteiger partial charge in [0.1, 0.15) is 6.04 Å². The van der Waals surface area contributed by atoms with Crippen LogP contribution in [0.1, 0.15) is 44.7 Å². The standard InChI is InChI=1S/C17H25NO2/c1-13(2)16(17(19)20-3)18-12-8-7-11-15(18)14-9-5-4-6-10-14/h4-6,9-10,13,15-16H,7-8,11-12H2,1-3H3/t15-,16-/m0/s1. The molecule has 1 heterocycles. The van der Waals surface area contributed by atoms with Gasteiger partial charge in [-0.05, 0) is 30.9 Å². The van der Waals surface area contributed by atoms with Gasteiger partial charge in [-0.2, -0.15) is 0 Å². The lowest BCUT2D eigenvalue weighted by Crippen LogP contribution is -2.49. The van der Waals surface area contributed by atoms with E-state index < -0.39 is 0 Å². The molecule has 20 heavy (non-hydrogen) atoms. The molecule has 0 unspecified atom stereocenters. The fourth-order valence-electron chi connectivity index (χ4n) is 3.23. The molecule has 3 nitrogen and oxygen atoms in total. The number of likely N-dealkylation sites (tertiary alicyclic amines) is 1. The molecule has 0 N–H and O–H groups in total. The van der Waals surface area contributed by atoms with Crippen LogP contribution in [-0.4, -0.2) is 30.6 Å². The van der Waals surface area contributed by atoms with Crippen LogP contribution in [0.5, 0.6) is 0 Å². The Labute approximate surface area is 121 Å². The second-order valence-electron chi connectivity index (χ2n) is 5.87. The molecular weight excluding hydrogens is 250 g/mol. The summed E-state index contributed by atoms with van der Waals surface area (Å²) in [6.45, 7) is 5.16. The van der Waals surface area contributed by atoms with Crippen LogP contribution in [0.2, 0.25) is 0 Å². The maximum Gasteiger partial charge on any atom is 0.323 e. The average molecular weight is 275 g/mol. The van der Waals surface area contributed by atoms with Crippen LogP contribution < -0.4 is 0 Å². The maximum atomic E-state index is 12.2. The van der Waals surface area contributed by atoms with E-state index in [0.717, 1.165) is 19.4 Å². The fourth-order valence-corrected chi connectivity index (χ4v) is 3.23. The van der Waals surface area contributed by atoms with E-state index in [2.05, 4.69) is 43.0 Å². The smallest absolute Gasteiger partial charge is 0.323 e. The fraction of sp³-hybridized carbons (Fsp3) is 0.588. The Kier molecular flexibility index (Phi) is 5.18. The van der Waals surface area contributed by atoms with E-state index in [4.69, 9.17) is 4.74 Å². The molecule has 0 amide bonds. The molecule has 110 valence electrons. The topological polar surface area (TPSA) is 29.5 Å². The Bertz CT molecular complexity index is 430. The van der Waals surface area contributed by atoms with E-state index in [1.54, 1.807) is 0 Å². The van der Waals surface area contributed by atoms with Crippen molar-refractivity contribution in [2.24, 2.45) is 5.92 Å². The second kappa shape index (κ2) is 6.89. The molecule has 1 aliphatic heterocycles. The number of methoxy groups -OCH3 is 1. The number of hydrogen-bond acceptors (Lipinski definition) is 3. The first kappa shape index (κ1) is 15.0. The number of piperidine rings is 1. The summed E-state index contributed by atoms with van der Waals surface area (Å²) < 4.78 is 5.03. The number of ether oxygens (including phenoxy) is 1. The van der Waals surface area contributed by atoms with Crippen molar-refractivity contribution in [3.05, 3.63) is 35.9 Å². The number of carbonyl (C=O) groups excluding carboxylic acids is 1. The first-order chi connectivity index (χ1) is 9.65. The van der Waals surface area contributed by atoms with Gasteiger partial charge in [-0.1, -0.05) is 50.6 Å². The highest BCUT2D eigenvalue weighted by molar-refractivity contribution is 5.76. The third-order valence-electron chi connectivity index (χ3n) is 4.16. The zero-order chi connectivity index (χ0) is 14.5. The van der Waals surface area contributed by atoms with Gasteiger partial charge in [-0.3, -0.25) is 9.69 Å². The van der Waals surface area contributed by atoms with Crippen molar-refractivity contribution in [1.29, 1.82) is 0 Å². The molecule has 1 aromatic rings. The van der Waals surface area contributed by atoms with Gasteiger partial charge in [0.15, 0.2) is 0 Å². The minimum absolute atomic E-state index is 0.108. The summed E-state index contributed by atoms with van der Waals surface area (Å²) in [5.74, 6) is 0.148. The number of nitrogens with zero attached hydrogens (tertiary/aromatic N) is 1. The van der Waals surface area contributed by atoms with Crippen molar-refractivity contribution in [3.63, 3.8) is 0 Å². The molecule has 3 heteroatoms. The van der Waals surface area contributed by atoms with E-state index in [-0.39, 0.29) is 17.9 Å². The summed E-state index contributed by atoms with van der Waals surface area (Å²) in [7, 11) is 1.49. The summed E-state index contributed by atoms with van der Waals surface area (Å²) in [5.41, 5.74) is 1.31. The van der Waals surface area contributed by atoms with Crippen molar-refractivity contribution in [2.45, 2.75) is 45.2 Å². The molecule has 2 atom stereocenters. The zero-order valence-corrected chi connectivity index (χ0v) is 12.7. The third-order valence-corrected chi connectivity index (χ3v) is 4.16. The average Bonchev–Trinajstić information content (AvgIpc) is 2.48. The van der Waals surface area contributed by atoms with Crippen LogP contribution in [-0.2, 0) is 9.53 Å². The van der Waals surface area contributed by atoms with Gasteiger partial charge in [0.05, 0.1) is 7.11 Å². The Hall–Kier alpha value is -1.35. The molecule has 0 bridgehead atoms. The van der Waals surface area contributed by atoms with Gasteiger partial charge in [-0.25, -0.2) is 0 Å². The SMILES string of the molecule is COC(=O)[C@H](C(C)C)N1CCCC[C@H]1c1ccccc1. The van der Waals surface area contributed by atoms with Crippen molar-refractivity contribution in [3.8, 4) is 0 Å². The van der Waals surface area contributed by atoms with Crippen molar-refractivity contribution in [1.82, 2.24) is 4.90 Å². The lowest BCUT2D eigenvalue weighted by molar-refractivity contribution is -0.151. The number of hydrogen-bond donors (Lipinski definition) is 0. The predicted octanol–water partition coefficient (Wildman–Crippen LogP) is 3.41. The normalized spacial score (nSPS) is 21.7. The Morgan fingerprint density at radius 3 is 2.55 bits per heavy atom. The van der Waals surface area contributed by atoms with Crippen LogP contribution >= 0.6 is 0 Å². The monoisotopic (exact) mass is 275 g/mol. The Morgan fingerprint density at radius 2 is 1.95 bits per heavy atom. The Morgan fingerprint density at radius 1 is 1.25 bits per heavy atom. The molecule has 1 fully saturated rings. The van der Waals surface area contributed by atoms with Crippen molar-refractivity contribution >= 4 is 5.97 Å². The molecule has 0 spiro atoms. The maximum absolute atomic E-state index is 12.2. The lowest BCUT2D eigenvalue weighted by Gasteiger charge is -2.41. The van der Waals surface area contributed by atoms with E-state index in [1.807, 2.05) is 6.07 Å². The van der Waals surface area contributed by atoms with Gasteiger partial charge >= 0.3 is 5.97 Å². The molecule has 2 rings (SSSR count). The first-order valence-electron chi connectivity index (χ1n) is 7.53. The number of esters is 1. The van der Waals surface area contributed by atoms with Crippen LogP contribution in [0.25, 0.3) is 0 Å². The quantitative estimate of drug-likeness (QED) is 0.789. The highest BCUT2D eigenvalue weighted by atomic mass is 16.5. The summed E-state index contributed by atoms with van der Waals surface area (Å²) in [5, 5.41) is 0. The van der Waals surface area contributed by atoms with E-state index in [1.165, 1.54) is 19.1 Å². The van der Waals surface area contributed by atoms with E-state index in [0.29, 0.717) is 6.04 Å². The minimum Gasteiger partial charge on any atom is -0.468 e. The number of benzene rings is 1. The predicted molar refractivity (Wildman–Crippen MR) is 80.4 cm³/mol. The van der Waals surface area contributed by atoms with Gasteiger partial charge in [0.25, 0.3) is 0 Å². The third kappa shape index (κ3) is 3.21. The van der Waals surface area contributed by atoms with E-state index in [9.17, 15) is 4.79 Å². The van der Waals surface area contributed by atoms with Gasteiger partial charge in [0, 0.05) is 6.04 Å². The molecule has 0 aromatic heterocycles. The van der Waals surface area contributed by atoms with Crippen molar-refractivity contribution in [2.75, 3.05) is 13.7 Å². The van der Waals surface area contributed by atoms with Crippen molar-refractivity contribution < 1.29 is 9.53 Å². The Balaban J connectivity index is 2.27. The second-order valence-corrected chi connectivity index (χ2v) is 5.87. The van der Waals surface area contributed by atoms with Crippen LogP contribution in [0.15, 0.2) is 30.3 Å². The van der Waals surface area contributed by atoms with Gasteiger partial charge in [0.2, 0.25) is 0 Å². The van der Waals surface area contributed by atoms with Gasteiger partial charge in [-0.15, -0.1) is 0 Å². The summed E-state index contributed by atoms with van der Waals surface area (Å²) >= 11 is 0. The molecule has 0 radical (unpaired) electrons. The summed E-state index contributed by atoms with van der Waals surface area (Å²) in [4.78, 5) is 14.5. The largest absolute Gasteiger partial charge is 0.468 e. The first-order valence-corrected chi connectivity index (χ1v) is 7.53. The molecule has 1 saturated heterocycles. The zero-order valence-electron chi connectivity index (χ0n) is 12.7. The molecule has 0 aliphatic carbocycles. The molecular formula is C17H25NO2. The molecule has 1 aliphatic rings. The number of rotatable bonds is 4. The molecule has 0 saturated carbocycles. The minimum atomic E-state index is -0.148. The van der Waals surface area contributed by atoms with Gasteiger partial charge < -0.3 is 4.74 Å². The summed E-state index contributed by atoms with van der Waals surface area (Å²) in [6.07, 6.45) is 3.50. The van der Waals surface area contributed by atoms with E-state index >= 15 is 0 Å². The number of carbonyl (C=O) groups is 1. The van der Waals surface area contributed by atoms with Crippen LogP contribution in [0.3, 0.4) is 0 Å². The van der Waals surface area contributed by atoms with Crippen LogP contribution in [0, 0.1) is 5.92 Å². The summed E-state index contributed by atoms with van der Waals surface area (Å²) in [6, 6.07) is 10.7. The highest BCUT2D eigenvalue weighted by Gasteiger charge is 2.36. The molecule has 1 aromatic carbocycles. The van der Waals surface area contributed by atoms with Crippen LogP contribution in [0.4, 0.5) is 0 Å². The lowest BCUT2D eigenvalue weighted by atomic mass is 9.90. The highest BCUT2D eigenvalue weighted by Crippen LogP contribution is 2.34.